The number of hydrogen-bond donors (Lipinski definition) is 2. The molecule has 0 aliphatic carbocycles. The number of aliphatic carboxylic acids is 1. The molecule has 0 rings (SSSR count). The third-order valence-corrected chi connectivity index (χ3v) is 1.49. The summed E-state index contributed by atoms with van der Waals surface area (Å²) in [6.45, 7) is 2.15. The molecule has 0 atom stereocenters. The zero-order chi connectivity index (χ0) is 12.3. The lowest BCUT2D eigenvalue weighted by atomic mass is 10.1. The summed E-state index contributed by atoms with van der Waals surface area (Å²) in [6, 6.07) is 0. The molecule has 0 fully saturated rings. The lowest BCUT2D eigenvalue weighted by molar-refractivity contribution is -0.137. The molecule has 15 heavy (non-hydrogen) atoms. The van der Waals surface area contributed by atoms with E-state index in [1.54, 1.807) is 0 Å². The van der Waals surface area contributed by atoms with Crippen molar-refractivity contribution in [3.8, 4) is 0 Å². The highest BCUT2D eigenvalue weighted by atomic mass is 32.2. The van der Waals surface area contributed by atoms with Crippen molar-refractivity contribution in [3.63, 3.8) is 0 Å². The van der Waals surface area contributed by atoms with Crippen LogP contribution in [0.3, 0.4) is 0 Å². The van der Waals surface area contributed by atoms with Crippen LogP contribution in [0.1, 0.15) is 45.4 Å². The van der Waals surface area contributed by atoms with Crippen LogP contribution >= 0.6 is 0 Å². The topological polar surface area (TPSA) is 91.7 Å². The maximum absolute atomic E-state index is 10.0. The van der Waals surface area contributed by atoms with E-state index in [0.29, 0.717) is 12.7 Å². The van der Waals surface area contributed by atoms with Crippen LogP contribution < -0.4 is 0 Å². The molecule has 0 spiro atoms. The highest BCUT2D eigenvalue weighted by Gasteiger charge is 1.94. The van der Waals surface area contributed by atoms with Crippen LogP contribution in [0.25, 0.3) is 0 Å². The van der Waals surface area contributed by atoms with Crippen molar-refractivity contribution in [2.75, 3.05) is 6.26 Å². The first-order valence-corrected chi connectivity index (χ1v) is 6.76. The number of carboxylic acid groups (broad SMARTS) is 1. The van der Waals surface area contributed by atoms with Gasteiger partial charge in [-0.05, 0) is 6.42 Å². The molecule has 2 N–H and O–H groups in total. The van der Waals surface area contributed by atoms with E-state index in [0.717, 1.165) is 12.8 Å². The van der Waals surface area contributed by atoms with Crippen LogP contribution in [0.5, 0.6) is 0 Å². The minimum absolute atomic E-state index is 0.337. The van der Waals surface area contributed by atoms with Gasteiger partial charge in [0.05, 0.1) is 6.26 Å². The van der Waals surface area contributed by atoms with Crippen molar-refractivity contribution in [3.05, 3.63) is 0 Å². The molecule has 0 heterocycles. The molecule has 0 amide bonds. The van der Waals surface area contributed by atoms with Crippen LogP contribution in [0, 0.1) is 0 Å². The van der Waals surface area contributed by atoms with Crippen molar-refractivity contribution in [1.82, 2.24) is 0 Å². The van der Waals surface area contributed by atoms with Crippen molar-refractivity contribution < 1.29 is 22.9 Å². The van der Waals surface area contributed by atoms with Crippen LogP contribution in [0.2, 0.25) is 0 Å². The number of unbranched alkanes of at least 4 members (excludes halogenated alkanes) is 4. The van der Waals surface area contributed by atoms with Gasteiger partial charge in [-0.3, -0.25) is 9.35 Å². The Morgan fingerprint density at radius 1 is 1.13 bits per heavy atom. The zero-order valence-electron chi connectivity index (χ0n) is 9.27. The van der Waals surface area contributed by atoms with E-state index in [-0.39, 0.29) is 0 Å². The summed E-state index contributed by atoms with van der Waals surface area (Å²) in [5, 5.41) is 8.27. The fourth-order valence-electron chi connectivity index (χ4n) is 0.880. The normalized spacial score (nSPS) is 10.3. The summed E-state index contributed by atoms with van der Waals surface area (Å²) in [7, 11) is -3.67. The van der Waals surface area contributed by atoms with Crippen LogP contribution in [-0.2, 0) is 14.9 Å². The third-order valence-electron chi connectivity index (χ3n) is 1.49. The largest absolute Gasteiger partial charge is 0.481 e. The van der Waals surface area contributed by atoms with Gasteiger partial charge in [-0.25, -0.2) is 0 Å². The summed E-state index contributed by atoms with van der Waals surface area (Å²) in [4.78, 5) is 10.0. The quantitative estimate of drug-likeness (QED) is 0.546. The van der Waals surface area contributed by atoms with Gasteiger partial charge in [0.25, 0.3) is 10.1 Å². The number of rotatable bonds is 6. The monoisotopic (exact) mass is 240 g/mol. The van der Waals surface area contributed by atoms with E-state index in [1.807, 2.05) is 0 Å². The predicted octanol–water partition coefficient (Wildman–Crippen LogP) is 1.94. The Bertz CT molecular complexity index is 237. The van der Waals surface area contributed by atoms with Crippen LogP contribution in [0.4, 0.5) is 0 Å². The summed E-state index contributed by atoms with van der Waals surface area (Å²) < 4.78 is 25.9. The second-order valence-corrected chi connectivity index (χ2v) is 4.76. The molecule has 0 unspecified atom stereocenters. The number of carboxylic acids is 1. The molecule has 92 valence electrons. The maximum Gasteiger partial charge on any atom is 0.303 e. The van der Waals surface area contributed by atoms with Gasteiger partial charge in [-0.1, -0.05) is 32.6 Å². The van der Waals surface area contributed by atoms with E-state index in [2.05, 4.69) is 6.92 Å². The van der Waals surface area contributed by atoms with Crippen molar-refractivity contribution in [1.29, 1.82) is 0 Å². The first-order valence-electron chi connectivity index (χ1n) is 4.91. The highest BCUT2D eigenvalue weighted by Crippen LogP contribution is 2.04. The third kappa shape index (κ3) is 42.6. The average molecular weight is 240 g/mol. The summed E-state index contributed by atoms with van der Waals surface area (Å²) in [5.41, 5.74) is 0. The van der Waals surface area contributed by atoms with Crippen LogP contribution in [-0.4, -0.2) is 30.3 Å². The van der Waals surface area contributed by atoms with Gasteiger partial charge in [0, 0.05) is 6.42 Å². The number of carbonyl (C=O) groups is 1. The van der Waals surface area contributed by atoms with Crippen molar-refractivity contribution >= 4 is 16.1 Å². The van der Waals surface area contributed by atoms with E-state index < -0.39 is 16.1 Å². The zero-order valence-corrected chi connectivity index (χ0v) is 10.1. The Balaban J connectivity index is 0. The van der Waals surface area contributed by atoms with E-state index >= 15 is 0 Å². The Labute approximate surface area is 91.2 Å². The molecule has 0 aromatic rings. The van der Waals surface area contributed by atoms with E-state index in [9.17, 15) is 13.2 Å². The van der Waals surface area contributed by atoms with Gasteiger partial charge >= 0.3 is 5.97 Å². The second-order valence-electron chi connectivity index (χ2n) is 3.29. The molecule has 6 heteroatoms. The second kappa shape index (κ2) is 9.92. The SMILES string of the molecule is CCCCCCCC(=O)O.CS(=O)(=O)O. The standard InChI is InChI=1S/C8H16O2.CH4O3S/c1-2-3-4-5-6-7-8(9)10;1-5(2,3)4/h2-7H2,1H3,(H,9,10);1H3,(H,2,3,4). The minimum Gasteiger partial charge on any atom is -0.481 e. The Morgan fingerprint density at radius 2 is 1.53 bits per heavy atom. The first kappa shape index (κ1) is 16.8. The first-order chi connectivity index (χ1) is 6.77. The fraction of sp³-hybridized carbons (Fsp3) is 0.889. The van der Waals surface area contributed by atoms with E-state index in [4.69, 9.17) is 9.66 Å². The minimum atomic E-state index is -3.67. The predicted molar refractivity (Wildman–Crippen MR) is 58.5 cm³/mol. The van der Waals surface area contributed by atoms with Gasteiger partial charge in [-0.2, -0.15) is 8.42 Å². The molecular weight excluding hydrogens is 220 g/mol. The maximum atomic E-state index is 10.0. The molecule has 0 aliphatic rings. The molecule has 5 nitrogen and oxygen atoms in total. The molecule has 0 aromatic carbocycles. The highest BCUT2D eigenvalue weighted by molar-refractivity contribution is 7.85. The molecule has 0 saturated carbocycles. The smallest absolute Gasteiger partial charge is 0.303 e. The summed E-state index contributed by atoms with van der Waals surface area (Å²) in [5.74, 6) is -0.670. The van der Waals surface area contributed by atoms with Gasteiger partial charge in [0.15, 0.2) is 0 Å². The van der Waals surface area contributed by atoms with Gasteiger partial charge in [-0.15, -0.1) is 0 Å². The fourth-order valence-corrected chi connectivity index (χ4v) is 0.880. The molecule has 0 aromatic heterocycles. The van der Waals surface area contributed by atoms with Crippen molar-refractivity contribution in [2.24, 2.45) is 0 Å². The van der Waals surface area contributed by atoms with E-state index in [1.165, 1.54) is 19.3 Å². The number of hydrogen-bond acceptors (Lipinski definition) is 3. The average Bonchev–Trinajstić information content (AvgIpc) is 2.00. The lowest BCUT2D eigenvalue weighted by Crippen LogP contribution is -1.93. The molecule has 0 bridgehead atoms. The van der Waals surface area contributed by atoms with Crippen molar-refractivity contribution in [2.45, 2.75) is 45.4 Å². The summed E-state index contributed by atoms with van der Waals surface area (Å²) in [6.07, 6.45) is 6.60. The Morgan fingerprint density at radius 3 is 1.87 bits per heavy atom. The Kier molecular flexibility index (Phi) is 11.1. The van der Waals surface area contributed by atoms with Gasteiger partial charge in [0.1, 0.15) is 0 Å². The van der Waals surface area contributed by atoms with Crippen LogP contribution in [0.15, 0.2) is 0 Å². The molecule has 0 saturated heterocycles. The molecule has 0 radical (unpaired) electrons. The summed E-state index contributed by atoms with van der Waals surface area (Å²) >= 11 is 0. The Hall–Kier alpha value is -0.620. The van der Waals surface area contributed by atoms with Gasteiger partial charge in [0.2, 0.25) is 0 Å². The lowest BCUT2D eigenvalue weighted by Gasteiger charge is -1.95. The molecule has 0 aliphatic heterocycles. The van der Waals surface area contributed by atoms with Gasteiger partial charge < -0.3 is 5.11 Å². The molecular formula is C9H20O5S.